The van der Waals surface area contributed by atoms with E-state index in [0.717, 1.165) is 46.2 Å². The fourth-order valence-electron chi connectivity index (χ4n) is 4.43. The van der Waals surface area contributed by atoms with E-state index < -0.39 is 0 Å². The van der Waals surface area contributed by atoms with E-state index in [1.54, 1.807) is 39.8 Å². The number of benzene rings is 2. The molecular weight excluding hydrogens is 502 g/mol. The van der Waals surface area contributed by atoms with Gasteiger partial charge in [-0.05, 0) is 49.4 Å². The number of hydrogen-bond acceptors (Lipinski definition) is 7. The summed E-state index contributed by atoms with van der Waals surface area (Å²) < 4.78 is 9.51. The topological polar surface area (TPSA) is 64.7 Å². The highest BCUT2D eigenvalue weighted by molar-refractivity contribution is 7.99. The normalized spacial score (nSPS) is 14.0. The number of para-hydroxylation sites is 1. The summed E-state index contributed by atoms with van der Waals surface area (Å²) in [5.41, 5.74) is 1.75. The molecule has 1 aliphatic rings. The van der Waals surface area contributed by atoms with E-state index in [4.69, 9.17) is 16.3 Å². The van der Waals surface area contributed by atoms with Crippen LogP contribution < -0.4 is 10.3 Å². The molecule has 0 spiro atoms. The molecule has 0 saturated carbocycles. The van der Waals surface area contributed by atoms with Gasteiger partial charge in [0.1, 0.15) is 10.6 Å². The first kappa shape index (κ1) is 22.6. The maximum atomic E-state index is 13.9. The van der Waals surface area contributed by atoms with Gasteiger partial charge in [-0.3, -0.25) is 4.79 Å². The Hall–Kier alpha value is -2.85. The highest BCUT2D eigenvalue weighted by Gasteiger charge is 2.26. The lowest BCUT2D eigenvalue weighted by Crippen LogP contribution is -2.27. The lowest BCUT2D eigenvalue weighted by Gasteiger charge is -2.21. The summed E-state index contributed by atoms with van der Waals surface area (Å²) in [6.45, 7) is 2.29. The van der Waals surface area contributed by atoms with Crippen molar-refractivity contribution in [2.45, 2.75) is 18.1 Å². The molecule has 0 N–H and O–H groups in total. The summed E-state index contributed by atoms with van der Waals surface area (Å²) in [5.74, 6) is 2.02. The van der Waals surface area contributed by atoms with E-state index in [1.807, 2.05) is 46.9 Å². The van der Waals surface area contributed by atoms with E-state index in [0.29, 0.717) is 28.8 Å². The fourth-order valence-corrected chi connectivity index (χ4v) is 6.84. The van der Waals surface area contributed by atoms with Gasteiger partial charge in [0.2, 0.25) is 5.78 Å². The third kappa shape index (κ3) is 4.12. The Morgan fingerprint density at radius 2 is 2.00 bits per heavy atom. The summed E-state index contributed by atoms with van der Waals surface area (Å²) in [6.07, 6.45) is 0.845. The second-order valence-corrected chi connectivity index (χ2v) is 11.0. The first-order valence-electron chi connectivity index (χ1n) is 11.3. The second kappa shape index (κ2) is 9.31. The minimum Gasteiger partial charge on any atom is -0.493 e. The number of aromatic nitrogens is 4. The molecule has 1 aliphatic heterocycles. The number of hydrogen-bond donors (Lipinski definition) is 0. The van der Waals surface area contributed by atoms with Crippen molar-refractivity contribution >= 4 is 50.7 Å². The highest BCUT2D eigenvalue weighted by atomic mass is 35.5. The van der Waals surface area contributed by atoms with Crippen LogP contribution >= 0.6 is 34.7 Å². The van der Waals surface area contributed by atoms with E-state index >= 15 is 0 Å². The van der Waals surface area contributed by atoms with Gasteiger partial charge < -0.3 is 9.64 Å². The zero-order chi connectivity index (χ0) is 23.9. The van der Waals surface area contributed by atoms with Crippen LogP contribution in [0.15, 0.2) is 64.5 Å². The third-order valence-corrected chi connectivity index (χ3v) is 8.39. The summed E-state index contributed by atoms with van der Waals surface area (Å²) in [4.78, 5) is 18.3. The minimum atomic E-state index is -0.0758. The molecule has 0 bridgehead atoms. The van der Waals surface area contributed by atoms with Gasteiger partial charge in [-0.1, -0.05) is 47.6 Å². The molecule has 0 aliphatic carbocycles. The molecule has 0 amide bonds. The number of ether oxygens (including phenoxy) is 1. The van der Waals surface area contributed by atoms with Crippen LogP contribution in [0.25, 0.3) is 21.7 Å². The molecule has 178 valence electrons. The molecule has 10 heteroatoms. The number of halogens is 1. The van der Waals surface area contributed by atoms with Crippen LogP contribution in [0.4, 0.5) is 0 Å². The molecule has 0 atom stereocenters. The molecule has 6 rings (SSSR count). The van der Waals surface area contributed by atoms with Gasteiger partial charge in [0.25, 0.3) is 5.56 Å². The third-order valence-electron chi connectivity index (χ3n) is 6.06. The zero-order valence-electron chi connectivity index (χ0n) is 19.0. The molecule has 5 aromatic rings. The van der Waals surface area contributed by atoms with Crippen molar-refractivity contribution in [2.75, 3.05) is 26.0 Å². The van der Waals surface area contributed by atoms with Crippen molar-refractivity contribution in [1.29, 1.82) is 0 Å². The Kier molecular flexibility index (Phi) is 6.01. The van der Waals surface area contributed by atoms with E-state index in [9.17, 15) is 4.79 Å². The van der Waals surface area contributed by atoms with Gasteiger partial charge >= 0.3 is 0 Å². The minimum absolute atomic E-state index is 0.0758. The monoisotopic (exact) mass is 523 g/mol. The molecule has 0 radical (unpaired) electrons. The molecule has 2 aromatic carbocycles. The van der Waals surface area contributed by atoms with Crippen molar-refractivity contribution < 1.29 is 4.74 Å². The van der Waals surface area contributed by atoms with E-state index in [2.05, 4.69) is 22.1 Å². The van der Waals surface area contributed by atoms with Crippen LogP contribution in [0.5, 0.6) is 5.75 Å². The number of thioether (sulfide) groups is 1. The van der Waals surface area contributed by atoms with Crippen LogP contribution in [0.1, 0.15) is 10.4 Å². The lowest BCUT2D eigenvalue weighted by molar-refractivity contribution is 0.318. The standard InChI is InChI=1S/C25H22ClN5O2S2/c1-29-11-10-19-20(15-29)35-23-21(19)22(32)30(17-7-5-6-16(26)14-17)24-27-28-25(31(23)24)34-13-12-33-18-8-3-2-4-9-18/h2-9,14H,10-13,15H2,1H3. The maximum absolute atomic E-state index is 13.9. The number of thiophene rings is 1. The van der Waals surface area contributed by atoms with Crippen LogP contribution in [-0.4, -0.2) is 50.0 Å². The second-order valence-electron chi connectivity index (χ2n) is 8.42. The van der Waals surface area contributed by atoms with Gasteiger partial charge in [0, 0.05) is 28.7 Å². The molecular formula is C25H22ClN5O2S2. The molecule has 7 nitrogen and oxygen atoms in total. The first-order chi connectivity index (χ1) is 17.1. The predicted molar refractivity (Wildman–Crippen MR) is 142 cm³/mol. The van der Waals surface area contributed by atoms with Gasteiger partial charge in [0.05, 0.1) is 17.7 Å². The number of rotatable bonds is 6. The molecule has 35 heavy (non-hydrogen) atoms. The predicted octanol–water partition coefficient (Wildman–Crippen LogP) is 4.91. The number of fused-ring (bicyclic) bond motifs is 5. The van der Waals surface area contributed by atoms with Crippen molar-refractivity contribution in [3.8, 4) is 11.4 Å². The summed E-state index contributed by atoms with van der Waals surface area (Å²) >= 11 is 9.52. The Labute approximate surface area is 214 Å². The van der Waals surface area contributed by atoms with Crippen molar-refractivity contribution in [3.05, 3.63) is 80.4 Å². The van der Waals surface area contributed by atoms with Crippen molar-refractivity contribution in [1.82, 2.24) is 24.1 Å². The Balaban J connectivity index is 1.47. The van der Waals surface area contributed by atoms with Gasteiger partial charge in [0.15, 0.2) is 5.16 Å². The molecule has 0 unspecified atom stereocenters. The molecule has 3 aromatic heterocycles. The van der Waals surface area contributed by atoms with Gasteiger partial charge in [-0.2, -0.15) is 0 Å². The maximum Gasteiger partial charge on any atom is 0.268 e. The van der Waals surface area contributed by atoms with Crippen LogP contribution in [0.3, 0.4) is 0 Å². The Bertz CT molecular complexity index is 1590. The largest absolute Gasteiger partial charge is 0.493 e. The fraction of sp³-hybridized carbons (Fsp3) is 0.240. The van der Waals surface area contributed by atoms with Gasteiger partial charge in [-0.25, -0.2) is 8.97 Å². The van der Waals surface area contributed by atoms with Crippen LogP contribution in [0, 0.1) is 0 Å². The van der Waals surface area contributed by atoms with Gasteiger partial charge in [-0.15, -0.1) is 21.5 Å². The smallest absolute Gasteiger partial charge is 0.268 e. The average molecular weight is 524 g/mol. The quantitative estimate of drug-likeness (QED) is 0.233. The Morgan fingerprint density at radius 1 is 1.14 bits per heavy atom. The van der Waals surface area contributed by atoms with Crippen LogP contribution in [-0.2, 0) is 13.0 Å². The first-order valence-corrected chi connectivity index (χ1v) is 13.5. The molecule has 0 fully saturated rings. The summed E-state index contributed by atoms with van der Waals surface area (Å²) in [7, 11) is 2.11. The number of nitrogens with zero attached hydrogens (tertiary/aromatic N) is 5. The van der Waals surface area contributed by atoms with E-state index in [-0.39, 0.29) is 5.56 Å². The summed E-state index contributed by atoms with van der Waals surface area (Å²) in [6, 6.07) is 17.1. The Morgan fingerprint density at radius 3 is 2.83 bits per heavy atom. The van der Waals surface area contributed by atoms with E-state index in [1.165, 1.54) is 4.88 Å². The summed E-state index contributed by atoms with van der Waals surface area (Å²) in [5, 5.41) is 11.0. The molecule has 4 heterocycles. The SMILES string of the molecule is CN1CCc2c(sc3c2c(=O)n(-c2cccc(Cl)c2)c2nnc(SCCOc4ccccc4)n32)C1. The van der Waals surface area contributed by atoms with Crippen molar-refractivity contribution in [3.63, 3.8) is 0 Å². The molecule has 0 saturated heterocycles. The number of likely N-dealkylation sites (N-methyl/N-ethyl adjacent to an activating group) is 1. The van der Waals surface area contributed by atoms with Crippen molar-refractivity contribution in [2.24, 2.45) is 0 Å². The average Bonchev–Trinajstić information content (AvgIpc) is 3.44. The zero-order valence-corrected chi connectivity index (χ0v) is 21.4. The highest BCUT2D eigenvalue weighted by Crippen LogP contribution is 2.35. The van der Waals surface area contributed by atoms with Crippen LogP contribution in [0.2, 0.25) is 5.02 Å². The lowest BCUT2D eigenvalue weighted by atomic mass is 10.1.